The number of hydrogen-bond donors (Lipinski definition) is 2. The first-order chi connectivity index (χ1) is 19.5. The van der Waals surface area contributed by atoms with Gasteiger partial charge in [0.15, 0.2) is 11.2 Å². The van der Waals surface area contributed by atoms with E-state index < -0.39 is 11.3 Å². The van der Waals surface area contributed by atoms with Crippen LogP contribution in [-0.4, -0.2) is 25.8 Å². The normalized spacial score (nSPS) is 11.2. The molecule has 3 heterocycles. The van der Waals surface area contributed by atoms with Crippen molar-refractivity contribution >= 4 is 51.5 Å². The standard InChI is InChI=1S/C31H22ClN5O2S/c1-18-7-5-8-19(13-18)17-40-37-31(39)23-16-34-30-28(29(23)38)35-27(26(36-30)20-9-3-2-4-10-20)22-14-21-11-6-12-33-25(21)24(32)15-22/h2-16H,17H2,1H3,(H,37,39)(H,34,36,38). The number of amides is 1. The highest BCUT2D eigenvalue weighted by Gasteiger charge is 2.20. The highest BCUT2D eigenvalue weighted by molar-refractivity contribution is 7.97. The molecule has 0 bridgehead atoms. The number of benzene rings is 3. The number of fused-ring (bicyclic) bond motifs is 2. The number of carbonyl (C=O) groups is 1. The van der Waals surface area contributed by atoms with Crippen LogP contribution in [-0.2, 0) is 5.75 Å². The van der Waals surface area contributed by atoms with Crippen LogP contribution in [0.25, 0.3) is 44.6 Å². The summed E-state index contributed by atoms with van der Waals surface area (Å²) in [6, 6.07) is 25.1. The number of halogens is 1. The first kappa shape index (κ1) is 25.7. The fourth-order valence-electron chi connectivity index (χ4n) is 4.52. The second kappa shape index (κ2) is 10.9. The van der Waals surface area contributed by atoms with Crippen molar-refractivity contribution in [1.29, 1.82) is 0 Å². The van der Waals surface area contributed by atoms with Crippen LogP contribution in [0.5, 0.6) is 0 Å². The molecule has 3 aromatic carbocycles. The van der Waals surface area contributed by atoms with E-state index in [1.165, 1.54) is 18.1 Å². The molecule has 0 spiro atoms. The zero-order valence-electron chi connectivity index (χ0n) is 21.3. The molecule has 6 rings (SSSR count). The summed E-state index contributed by atoms with van der Waals surface area (Å²) in [5, 5.41) is 1.29. The summed E-state index contributed by atoms with van der Waals surface area (Å²) in [4.78, 5) is 43.4. The van der Waals surface area contributed by atoms with Crippen molar-refractivity contribution in [2.75, 3.05) is 0 Å². The molecule has 3 aromatic heterocycles. The molecule has 9 heteroatoms. The number of nitrogens with zero attached hydrogens (tertiary/aromatic N) is 3. The fraction of sp³-hybridized carbons (Fsp3) is 0.0645. The summed E-state index contributed by atoms with van der Waals surface area (Å²) >= 11 is 7.82. The number of H-pyrrole nitrogens is 1. The summed E-state index contributed by atoms with van der Waals surface area (Å²) in [7, 11) is 0. The van der Waals surface area contributed by atoms with Crippen LogP contribution in [0.15, 0.2) is 96.1 Å². The predicted octanol–water partition coefficient (Wildman–Crippen LogP) is 6.74. The molecule has 7 nitrogen and oxygen atoms in total. The minimum atomic E-state index is -0.510. The maximum atomic E-state index is 13.5. The van der Waals surface area contributed by atoms with Gasteiger partial charge >= 0.3 is 0 Å². The van der Waals surface area contributed by atoms with Crippen molar-refractivity contribution in [3.8, 4) is 22.5 Å². The van der Waals surface area contributed by atoms with Gasteiger partial charge in [0.25, 0.3) is 5.91 Å². The smallest absolute Gasteiger partial charge is 0.266 e. The molecule has 0 saturated heterocycles. The summed E-state index contributed by atoms with van der Waals surface area (Å²) in [5.41, 5.74) is 5.24. The Hall–Kier alpha value is -4.53. The van der Waals surface area contributed by atoms with E-state index in [1.807, 2.05) is 73.7 Å². The van der Waals surface area contributed by atoms with E-state index in [-0.39, 0.29) is 16.7 Å². The lowest BCUT2D eigenvalue weighted by Gasteiger charge is -2.12. The summed E-state index contributed by atoms with van der Waals surface area (Å²) in [6.07, 6.45) is 3.07. The van der Waals surface area contributed by atoms with Crippen LogP contribution in [0, 0.1) is 6.92 Å². The lowest BCUT2D eigenvalue weighted by atomic mass is 10.0. The Morgan fingerprint density at radius 3 is 2.58 bits per heavy atom. The first-order valence-corrected chi connectivity index (χ1v) is 13.9. The highest BCUT2D eigenvalue weighted by Crippen LogP contribution is 2.34. The molecule has 0 aliphatic carbocycles. The molecule has 6 aromatic rings. The highest BCUT2D eigenvalue weighted by atomic mass is 35.5. The number of aromatic nitrogens is 4. The van der Waals surface area contributed by atoms with Gasteiger partial charge in [0, 0.05) is 34.7 Å². The van der Waals surface area contributed by atoms with Gasteiger partial charge in [-0.2, -0.15) is 0 Å². The molecule has 0 aliphatic heterocycles. The van der Waals surface area contributed by atoms with Crippen LogP contribution in [0.3, 0.4) is 0 Å². The molecule has 1 amide bonds. The minimum absolute atomic E-state index is 0.0438. The Balaban J connectivity index is 1.42. The summed E-state index contributed by atoms with van der Waals surface area (Å²) < 4.78 is 2.77. The van der Waals surface area contributed by atoms with Crippen molar-refractivity contribution in [2.45, 2.75) is 12.7 Å². The van der Waals surface area contributed by atoms with Crippen LogP contribution >= 0.6 is 23.5 Å². The SMILES string of the molecule is Cc1cccc(CSNC(=O)c2c[nH]c3nc(-c4ccccc4)c(-c4cc(Cl)c5ncccc5c4)nc3c2=O)c1. The van der Waals surface area contributed by atoms with E-state index in [1.54, 1.807) is 12.3 Å². The molecule has 0 saturated carbocycles. The number of aromatic amines is 1. The van der Waals surface area contributed by atoms with Crippen LogP contribution in [0.1, 0.15) is 21.5 Å². The molecule has 40 heavy (non-hydrogen) atoms. The number of pyridine rings is 2. The molecule has 0 unspecified atom stereocenters. The zero-order valence-corrected chi connectivity index (χ0v) is 22.9. The van der Waals surface area contributed by atoms with Gasteiger partial charge < -0.3 is 4.98 Å². The molecular weight excluding hydrogens is 542 g/mol. The average molecular weight is 564 g/mol. The second-order valence-corrected chi connectivity index (χ2v) is 10.4. The van der Waals surface area contributed by atoms with Gasteiger partial charge in [-0.3, -0.25) is 19.3 Å². The Labute approximate surface area is 238 Å². The van der Waals surface area contributed by atoms with Crippen molar-refractivity contribution < 1.29 is 4.79 Å². The van der Waals surface area contributed by atoms with Gasteiger partial charge in [-0.15, -0.1) is 0 Å². The third kappa shape index (κ3) is 5.06. The third-order valence-corrected chi connectivity index (χ3v) is 7.51. The van der Waals surface area contributed by atoms with Crippen LogP contribution in [0.4, 0.5) is 0 Å². The lowest BCUT2D eigenvalue weighted by molar-refractivity contribution is 0.0983. The number of rotatable bonds is 6. The molecule has 0 fully saturated rings. The van der Waals surface area contributed by atoms with E-state index >= 15 is 0 Å². The Morgan fingerprint density at radius 1 is 0.925 bits per heavy atom. The maximum absolute atomic E-state index is 13.5. The molecular formula is C31H22ClN5O2S. The van der Waals surface area contributed by atoms with E-state index in [0.717, 1.165) is 22.1 Å². The Kier molecular flexibility index (Phi) is 7.02. The summed E-state index contributed by atoms with van der Waals surface area (Å²) in [5.74, 6) is 0.0667. The van der Waals surface area contributed by atoms with Crippen LogP contribution < -0.4 is 10.2 Å². The lowest BCUT2D eigenvalue weighted by Crippen LogP contribution is -2.25. The third-order valence-electron chi connectivity index (χ3n) is 6.42. The summed E-state index contributed by atoms with van der Waals surface area (Å²) in [6.45, 7) is 2.02. The van der Waals surface area contributed by atoms with Crippen LogP contribution in [0.2, 0.25) is 5.02 Å². The zero-order chi connectivity index (χ0) is 27.6. The number of nitrogens with one attached hydrogen (secondary N) is 2. The van der Waals surface area contributed by atoms with Gasteiger partial charge in [0.1, 0.15) is 5.56 Å². The van der Waals surface area contributed by atoms with Gasteiger partial charge in [0.05, 0.1) is 21.9 Å². The fourth-order valence-corrected chi connectivity index (χ4v) is 5.46. The van der Waals surface area contributed by atoms with E-state index in [4.69, 9.17) is 21.6 Å². The average Bonchev–Trinajstić information content (AvgIpc) is 2.97. The molecule has 2 N–H and O–H groups in total. The Morgan fingerprint density at radius 2 is 1.75 bits per heavy atom. The second-order valence-electron chi connectivity index (χ2n) is 9.26. The van der Waals surface area contributed by atoms with E-state index in [0.29, 0.717) is 33.2 Å². The first-order valence-electron chi connectivity index (χ1n) is 12.5. The van der Waals surface area contributed by atoms with Crippen molar-refractivity contribution in [2.24, 2.45) is 0 Å². The van der Waals surface area contributed by atoms with Gasteiger partial charge in [-0.1, -0.05) is 77.8 Å². The van der Waals surface area contributed by atoms with Crippen molar-refractivity contribution in [1.82, 2.24) is 24.7 Å². The molecule has 0 aliphatic rings. The van der Waals surface area contributed by atoms with E-state index in [9.17, 15) is 9.59 Å². The number of carbonyl (C=O) groups excluding carboxylic acids is 1. The topological polar surface area (TPSA) is 101 Å². The maximum Gasteiger partial charge on any atom is 0.266 e. The molecule has 196 valence electrons. The minimum Gasteiger partial charge on any atom is -0.344 e. The molecule has 0 radical (unpaired) electrons. The van der Waals surface area contributed by atoms with Crippen molar-refractivity contribution in [3.63, 3.8) is 0 Å². The monoisotopic (exact) mass is 563 g/mol. The molecule has 0 atom stereocenters. The predicted molar refractivity (Wildman–Crippen MR) is 161 cm³/mol. The largest absolute Gasteiger partial charge is 0.344 e. The quantitative estimate of drug-likeness (QED) is 0.218. The van der Waals surface area contributed by atoms with E-state index in [2.05, 4.69) is 20.8 Å². The van der Waals surface area contributed by atoms with Gasteiger partial charge in [0.2, 0.25) is 5.43 Å². The number of hydrogen-bond acceptors (Lipinski definition) is 6. The Bertz CT molecular complexity index is 1960. The van der Waals surface area contributed by atoms with Gasteiger partial charge in [-0.25, -0.2) is 9.97 Å². The van der Waals surface area contributed by atoms with Gasteiger partial charge in [-0.05, 0) is 42.6 Å². The number of aryl methyl sites for hydroxylation is 1. The van der Waals surface area contributed by atoms with Crippen molar-refractivity contribution in [3.05, 3.63) is 123 Å².